The van der Waals surface area contributed by atoms with Gasteiger partial charge < -0.3 is 9.64 Å². The maximum Gasteiger partial charge on any atom is 0.243 e. The van der Waals surface area contributed by atoms with Gasteiger partial charge in [0.2, 0.25) is 15.9 Å². The highest BCUT2D eigenvalue weighted by atomic mass is 32.2. The number of hydrogen-bond donors (Lipinski definition) is 0. The number of morpholine rings is 1. The number of sulfonamides is 1. The number of amides is 1. The van der Waals surface area contributed by atoms with Gasteiger partial charge in [0.1, 0.15) is 5.82 Å². The number of benzene rings is 1. The van der Waals surface area contributed by atoms with Gasteiger partial charge in [-0.05, 0) is 18.2 Å². The van der Waals surface area contributed by atoms with Crippen LogP contribution in [0.1, 0.15) is 0 Å². The number of nitrogens with zero attached hydrogens (tertiary/aromatic N) is 3. The molecule has 0 atom stereocenters. The standard InChI is InChI=1S/C16H22FN3O4S/c17-14-2-1-3-15(12-14)25(22,23)20-6-4-18(5-7-20)13-16(21)19-8-10-24-11-9-19/h1-3,12H,4-11,13H2. The van der Waals surface area contributed by atoms with E-state index in [1.807, 2.05) is 4.90 Å². The molecule has 2 aliphatic rings. The largest absolute Gasteiger partial charge is 0.378 e. The summed E-state index contributed by atoms with van der Waals surface area (Å²) in [5.41, 5.74) is 0. The van der Waals surface area contributed by atoms with E-state index in [0.717, 1.165) is 6.07 Å². The van der Waals surface area contributed by atoms with Crippen LogP contribution in [0.15, 0.2) is 29.2 Å². The molecule has 0 radical (unpaired) electrons. The Bertz CT molecular complexity index is 714. The Kier molecular flexibility index (Phi) is 5.67. The van der Waals surface area contributed by atoms with Gasteiger partial charge in [-0.25, -0.2) is 12.8 Å². The van der Waals surface area contributed by atoms with E-state index in [-0.39, 0.29) is 30.4 Å². The molecule has 2 aliphatic heterocycles. The van der Waals surface area contributed by atoms with Crippen LogP contribution in [0.5, 0.6) is 0 Å². The van der Waals surface area contributed by atoms with Gasteiger partial charge in [0.15, 0.2) is 0 Å². The number of piperazine rings is 1. The molecular weight excluding hydrogens is 349 g/mol. The lowest BCUT2D eigenvalue weighted by atomic mass is 10.3. The molecule has 3 rings (SSSR count). The first kappa shape index (κ1) is 18.2. The molecular formula is C16H22FN3O4S. The zero-order chi connectivity index (χ0) is 17.9. The fourth-order valence-electron chi connectivity index (χ4n) is 3.01. The second-order valence-corrected chi connectivity index (χ2v) is 8.07. The van der Waals surface area contributed by atoms with Crippen molar-refractivity contribution in [3.05, 3.63) is 30.1 Å². The van der Waals surface area contributed by atoms with Crippen LogP contribution in [0.4, 0.5) is 4.39 Å². The quantitative estimate of drug-likeness (QED) is 0.745. The maximum atomic E-state index is 13.3. The van der Waals surface area contributed by atoms with E-state index in [4.69, 9.17) is 4.74 Å². The molecule has 0 N–H and O–H groups in total. The number of carbonyl (C=O) groups is 1. The van der Waals surface area contributed by atoms with Gasteiger partial charge in [-0.2, -0.15) is 4.31 Å². The first-order valence-corrected chi connectivity index (χ1v) is 9.74. The predicted molar refractivity (Wildman–Crippen MR) is 89.0 cm³/mol. The molecule has 0 aliphatic carbocycles. The van der Waals surface area contributed by atoms with E-state index < -0.39 is 15.8 Å². The molecule has 0 spiro atoms. The second kappa shape index (κ2) is 7.77. The summed E-state index contributed by atoms with van der Waals surface area (Å²) in [5.74, 6) is -0.527. The Morgan fingerprint density at radius 2 is 1.76 bits per heavy atom. The van der Waals surface area contributed by atoms with Gasteiger partial charge >= 0.3 is 0 Å². The Balaban J connectivity index is 1.55. The fraction of sp³-hybridized carbons (Fsp3) is 0.562. The molecule has 25 heavy (non-hydrogen) atoms. The van der Waals surface area contributed by atoms with Gasteiger partial charge in [0.05, 0.1) is 24.7 Å². The molecule has 1 aromatic carbocycles. The lowest BCUT2D eigenvalue weighted by Crippen LogP contribution is -2.52. The zero-order valence-electron chi connectivity index (χ0n) is 13.9. The van der Waals surface area contributed by atoms with Gasteiger partial charge in [-0.1, -0.05) is 6.07 Å². The van der Waals surface area contributed by atoms with Crippen molar-refractivity contribution in [2.45, 2.75) is 4.90 Å². The first-order chi connectivity index (χ1) is 12.0. The SMILES string of the molecule is O=C(CN1CCN(S(=O)(=O)c2cccc(F)c2)CC1)N1CCOCC1. The molecule has 0 bridgehead atoms. The van der Waals surface area contributed by atoms with Crippen LogP contribution in [0.3, 0.4) is 0 Å². The number of hydrogen-bond acceptors (Lipinski definition) is 5. The third-order valence-corrected chi connectivity index (χ3v) is 6.38. The summed E-state index contributed by atoms with van der Waals surface area (Å²) in [6.07, 6.45) is 0. The lowest BCUT2D eigenvalue weighted by molar-refractivity contribution is -0.136. The van der Waals surface area contributed by atoms with Crippen LogP contribution >= 0.6 is 0 Å². The monoisotopic (exact) mass is 371 g/mol. The normalized spacial score (nSPS) is 20.6. The summed E-state index contributed by atoms with van der Waals surface area (Å²) < 4.78 is 45.0. The summed E-state index contributed by atoms with van der Waals surface area (Å²) in [7, 11) is -3.70. The third-order valence-electron chi connectivity index (χ3n) is 4.49. The molecule has 2 heterocycles. The Morgan fingerprint density at radius 1 is 1.08 bits per heavy atom. The van der Waals surface area contributed by atoms with E-state index in [0.29, 0.717) is 39.4 Å². The first-order valence-electron chi connectivity index (χ1n) is 8.30. The van der Waals surface area contributed by atoms with Crippen molar-refractivity contribution in [1.29, 1.82) is 0 Å². The predicted octanol–water partition coefficient (Wildman–Crippen LogP) is -0.00920. The lowest BCUT2D eigenvalue weighted by Gasteiger charge is -2.35. The number of ether oxygens (including phenoxy) is 1. The van der Waals surface area contributed by atoms with Crippen molar-refractivity contribution in [2.75, 3.05) is 59.0 Å². The summed E-state index contributed by atoms with van der Waals surface area (Å²) in [6, 6.07) is 5.03. The van der Waals surface area contributed by atoms with E-state index in [1.165, 1.54) is 22.5 Å². The number of halogens is 1. The highest BCUT2D eigenvalue weighted by Gasteiger charge is 2.30. The highest BCUT2D eigenvalue weighted by Crippen LogP contribution is 2.18. The van der Waals surface area contributed by atoms with Crippen LogP contribution in [-0.4, -0.2) is 87.5 Å². The molecule has 7 nitrogen and oxygen atoms in total. The van der Waals surface area contributed by atoms with Crippen molar-refractivity contribution < 1.29 is 22.3 Å². The molecule has 2 saturated heterocycles. The average Bonchev–Trinajstić information content (AvgIpc) is 2.63. The summed E-state index contributed by atoms with van der Waals surface area (Å²) in [5, 5.41) is 0. The smallest absolute Gasteiger partial charge is 0.243 e. The summed E-state index contributed by atoms with van der Waals surface area (Å²) in [6.45, 7) is 4.14. The van der Waals surface area contributed by atoms with E-state index in [9.17, 15) is 17.6 Å². The molecule has 2 fully saturated rings. The zero-order valence-corrected chi connectivity index (χ0v) is 14.8. The van der Waals surface area contributed by atoms with Crippen molar-refractivity contribution in [3.8, 4) is 0 Å². The number of carbonyl (C=O) groups excluding carboxylic acids is 1. The van der Waals surface area contributed by atoms with Gasteiger partial charge in [0.25, 0.3) is 0 Å². The van der Waals surface area contributed by atoms with Crippen LogP contribution in [0, 0.1) is 5.82 Å². The van der Waals surface area contributed by atoms with Crippen molar-refractivity contribution in [2.24, 2.45) is 0 Å². The minimum absolute atomic E-state index is 0.0367. The molecule has 9 heteroatoms. The van der Waals surface area contributed by atoms with Gasteiger partial charge in [-0.3, -0.25) is 9.69 Å². The highest BCUT2D eigenvalue weighted by molar-refractivity contribution is 7.89. The van der Waals surface area contributed by atoms with Crippen LogP contribution < -0.4 is 0 Å². The third kappa shape index (κ3) is 4.35. The Labute approximate surface area is 147 Å². The van der Waals surface area contributed by atoms with Crippen molar-refractivity contribution in [1.82, 2.24) is 14.1 Å². The second-order valence-electron chi connectivity index (χ2n) is 6.13. The van der Waals surface area contributed by atoms with E-state index in [2.05, 4.69) is 0 Å². The van der Waals surface area contributed by atoms with Crippen molar-refractivity contribution in [3.63, 3.8) is 0 Å². The van der Waals surface area contributed by atoms with Crippen LogP contribution in [-0.2, 0) is 19.6 Å². The Hall–Kier alpha value is -1.55. The van der Waals surface area contributed by atoms with Crippen LogP contribution in [0.2, 0.25) is 0 Å². The molecule has 138 valence electrons. The Morgan fingerprint density at radius 3 is 2.40 bits per heavy atom. The summed E-state index contributed by atoms with van der Waals surface area (Å²) >= 11 is 0. The maximum absolute atomic E-state index is 13.3. The molecule has 1 amide bonds. The topological polar surface area (TPSA) is 70.2 Å². The summed E-state index contributed by atoms with van der Waals surface area (Å²) in [4.78, 5) is 16.0. The molecule has 0 saturated carbocycles. The van der Waals surface area contributed by atoms with Crippen molar-refractivity contribution >= 4 is 15.9 Å². The van der Waals surface area contributed by atoms with Gasteiger partial charge in [0, 0.05) is 39.3 Å². The molecule has 1 aromatic rings. The van der Waals surface area contributed by atoms with Crippen LogP contribution in [0.25, 0.3) is 0 Å². The minimum atomic E-state index is -3.70. The fourth-order valence-corrected chi connectivity index (χ4v) is 4.46. The molecule has 0 aromatic heterocycles. The van der Waals surface area contributed by atoms with E-state index >= 15 is 0 Å². The minimum Gasteiger partial charge on any atom is -0.378 e. The van der Waals surface area contributed by atoms with Gasteiger partial charge in [-0.15, -0.1) is 0 Å². The number of rotatable bonds is 4. The average molecular weight is 371 g/mol. The van der Waals surface area contributed by atoms with E-state index in [1.54, 1.807) is 4.90 Å². The molecule has 0 unspecified atom stereocenters.